The average molecular weight is 490 g/mol. The monoisotopic (exact) mass is 489 g/mol. The van der Waals surface area contributed by atoms with Crippen LogP contribution in [0.2, 0.25) is 0 Å². The van der Waals surface area contributed by atoms with Crippen LogP contribution in [0.5, 0.6) is 0 Å². The van der Waals surface area contributed by atoms with Gasteiger partial charge in [-0.25, -0.2) is 4.98 Å². The largest absolute Gasteiger partial charge is 0.385 e. The van der Waals surface area contributed by atoms with E-state index in [1.54, 1.807) is 24.1 Å². The van der Waals surface area contributed by atoms with Crippen molar-refractivity contribution in [3.05, 3.63) is 66.0 Å². The van der Waals surface area contributed by atoms with Crippen molar-refractivity contribution in [3.8, 4) is 0 Å². The molecular formula is C28H35N5O3. The summed E-state index contributed by atoms with van der Waals surface area (Å²) in [5, 5.41) is 0. The molecule has 2 aliphatic heterocycles. The first-order valence-corrected chi connectivity index (χ1v) is 12.9. The van der Waals surface area contributed by atoms with Crippen LogP contribution in [0.1, 0.15) is 41.4 Å². The van der Waals surface area contributed by atoms with Gasteiger partial charge in [0.05, 0.1) is 17.0 Å². The van der Waals surface area contributed by atoms with Gasteiger partial charge in [0.1, 0.15) is 5.82 Å². The fourth-order valence-corrected chi connectivity index (χ4v) is 5.65. The molecule has 0 aliphatic carbocycles. The number of para-hydroxylation sites is 2. The smallest absolute Gasteiger partial charge is 0.253 e. The molecule has 8 nitrogen and oxygen atoms in total. The van der Waals surface area contributed by atoms with Gasteiger partial charge in [0.15, 0.2) is 0 Å². The number of piperidine rings is 1. The fraction of sp³-hybridized carbons (Fsp3) is 0.464. The topological polar surface area (TPSA) is 93.7 Å². The zero-order valence-corrected chi connectivity index (χ0v) is 20.9. The van der Waals surface area contributed by atoms with E-state index in [1.165, 1.54) is 0 Å². The van der Waals surface area contributed by atoms with E-state index in [1.807, 2.05) is 41.3 Å². The number of amides is 2. The number of nitrogens with two attached hydrogens (primary N) is 1. The second-order valence-corrected chi connectivity index (χ2v) is 9.93. The predicted molar refractivity (Wildman–Crippen MR) is 139 cm³/mol. The zero-order valence-electron chi connectivity index (χ0n) is 20.9. The molecule has 2 N–H and O–H groups in total. The molecule has 2 aliphatic rings. The van der Waals surface area contributed by atoms with Crippen LogP contribution in [0, 0.1) is 5.92 Å². The molecule has 3 atom stereocenters. The van der Waals surface area contributed by atoms with E-state index >= 15 is 0 Å². The number of fused-ring (bicyclic) bond motifs is 1. The van der Waals surface area contributed by atoms with Crippen molar-refractivity contribution in [1.82, 2.24) is 19.4 Å². The van der Waals surface area contributed by atoms with Gasteiger partial charge in [0, 0.05) is 64.0 Å². The van der Waals surface area contributed by atoms with Crippen molar-refractivity contribution in [2.45, 2.75) is 37.8 Å². The molecule has 0 radical (unpaired) electrons. The van der Waals surface area contributed by atoms with E-state index in [9.17, 15) is 9.59 Å². The molecule has 2 aromatic carbocycles. The molecule has 0 saturated carbocycles. The normalized spacial score (nSPS) is 22.3. The molecule has 8 heteroatoms. The van der Waals surface area contributed by atoms with Crippen LogP contribution in [0.25, 0.3) is 11.0 Å². The summed E-state index contributed by atoms with van der Waals surface area (Å²) in [5.74, 6) is 0.816. The number of benzene rings is 2. The number of methoxy groups -OCH3 is 1. The maximum atomic E-state index is 13.6. The Morgan fingerprint density at radius 1 is 1.03 bits per heavy atom. The molecule has 0 unspecified atom stereocenters. The minimum atomic E-state index is -0.378. The lowest BCUT2D eigenvalue weighted by atomic mass is 9.94. The third-order valence-electron chi connectivity index (χ3n) is 7.50. The van der Waals surface area contributed by atoms with Crippen molar-refractivity contribution in [3.63, 3.8) is 0 Å². The van der Waals surface area contributed by atoms with Crippen molar-refractivity contribution >= 4 is 22.8 Å². The molecule has 1 aromatic heterocycles. The minimum absolute atomic E-state index is 0.0533. The Morgan fingerprint density at radius 2 is 1.81 bits per heavy atom. The lowest BCUT2D eigenvalue weighted by Crippen LogP contribution is -2.47. The summed E-state index contributed by atoms with van der Waals surface area (Å²) in [6, 6.07) is 17.0. The summed E-state index contributed by atoms with van der Waals surface area (Å²) < 4.78 is 7.58. The van der Waals surface area contributed by atoms with Crippen molar-refractivity contribution in [2.75, 3.05) is 39.9 Å². The van der Waals surface area contributed by atoms with Gasteiger partial charge in [-0.3, -0.25) is 9.59 Å². The number of likely N-dealkylation sites (tertiary alicyclic amines) is 2. The quantitative estimate of drug-likeness (QED) is 0.515. The van der Waals surface area contributed by atoms with Crippen LogP contribution in [0.3, 0.4) is 0 Å². The standard InChI is InChI=1S/C28H35N5O3/c1-36-16-8-15-33-25-13-6-5-12-24(25)30-26(33)21-11-7-14-31(17-21)28(35)22-18-32(19-23(22)29)27(34)20-9-3-2-4-10-20/h2-6,9-10,12-13,21-23H,7-8,11,14-19,29H2,1H3/t21-,22-,23-/m1/s1. The molecule has 2 fully saturated rings. The Hall–Kier alpha value is -3.23. The molecule has 3 heterocycles. The second-order valence-electron chi connectivity index (χ2n) is 9.93. The number of hydrogen-bond acceptors (Lipinski definition) is 5. The van der Waals surface area contributed by atoms with Crippen LogP contribution >= 0.6 is 0 Å². The molecule has 3 aromatic rings. The molecule has 2 amide bonds. The Morgan fingerprint density at radius 3 is 2.61 bits per heavy atom. The molecule has 0 bridgehead atoms. The van der Waals surface area contributed by atoms with Gasteiger partial charge >= 0.3 is 0 Å². The van der Waals surface area contributed by atoms with E-state index in [4.69, 9.17) is 15.5 Å². The minimum Gasteiger partial charge on any atom is -0.385 e. The van der Waals surface area contributed by atoms with E-state index < -0.39 is 0 Å². The van der Waals surface area contributed by atoms with Gasteiger partial charge in [-0.1, -0.05) is 30.3 Å². The highest BCUT2D eigenvalue weighted by atomic mass is 16.5. The number of aryl methyl sites for hydroxylation is 1. The van der Waals surface area contributed by atoms with Crippen molar-refractivity contribution in [2.24, 2.45) is 11.7 Å². The van der Waals surface area contributed by atoms with Gasteiger partial charge in [-0.05, 0) is 43.5 Å². The highest BCUT2D eigenvalue weighted by Crippen LogP contribution is 2.31. The van der Waals surface area contributed by atoms with E-state index in [2.05, 4.69) is 10.6 Å². The number of nitrogens with zero attached hydrogens (tertiary/aromatic N) is 4. The highest BCUT2D eigenvalue weighted by molar-refractivity contribution is 5.95. The summed E-state index contributed by atoms with van der Waals surface area (Å²) >= 11 is 0. The van der Waals surface area contributed by atoms with Gasteiger partial charge in [-0.2, -0.15) is 0 Å². The first-order chi connectivity index (χ1) is 17.6. The summed E-state index contributed by atoms with van der Waals surface area (Å²) in [7, 11) is 1.72. The van der Waals surface area contributed by atoms with Gasteiger partial charge < -0.3 is 24.8 Å². The first kappa shape index (κ1) is 24.5. The summed E-state index contributed by atoms with van der Waals surface area (Å²) in [4.78, 5) is 35.2. The SMILES string of the molecule is COCCCn1c([C@@H]2CCCN(C(=O)[C@@H]3CN(C(=O)c4ccccc4)C[C@H]3N)C2)nc2ccccc21. The maximum Gasteiger partial charge on any atom is 0.253 e. The number of carbonyl (C=O) groups excluding carboxylic acids is 2. The maximum absolute atomic E-state index is 13.6. The first-order valence-electron chi connectivity index (χ1n) is 12.9. The van der Waals surface area contributed by atoms with Gasteiger partial charge in [0.2, 0.25) is 5.91 Å². The third-order valence-corrected chi connectivity index (χ3v) is 7.50. The number of carbonyl (C=O) groups is 2. The Balaban J connectivity index is 1.31. The third kappa shape index (κ3) is 4.88. The lowest BCUT2D eigenvalue weighted by molar-refractivity contribution is -0.136. The summed E-state index contributed by atoms with van der Waals surface area (Å²) in [6.07, 6.45) is 2.82. The van der Waals surface area contributed by atoms with Crippen LogP contribution in [-0.2, 0) is 16.1 Å². The average Bonchev–Trinajstić information content (AvgIpc) is 3.49. The number of ether oxygens (including phenoxy) is 1. The van der Waals surface area contributed by atoms with Gasteiger partial charge in [-0.15, -0.1) is 0 Å². The Labute approximate surface area is 212 Å². The molecule has 36 heavy (non-hydrogen) atoms. The summed E-state index contributed by atoms with van der Waals surface area (Å²) in [5.41, 5.74) is 9.15. The lowest BCUT2D eigenvalue weighted by Gasteiger charge is -2.35. The summed E-state index contributed by atoms with van der Waals surface area (Å²) in [6.45, 7) is 3.63. The van der Waals surface area contributed by atoms with Crippen LogP contribution in [0.15, 0.2) is 54.6 Å². The molecule has 190 valence electrons. The predicted octanol–water partition coefficient (Wildman–Crippen LogP) is 2.88. The number of aromatic nitrogens is 2. The number of imidazole rings is 1. The van der Waals surface area contributed by atoms with Gasteiger partial charge in [0.25, 0.3) is 5.91 Å². The van der Waals surface area contributed by atoms with E-state index in [0.29, 0.717) is 31.8 Å². The van der Waals surface area contributed by atoms with E-state index in [0.717, 1.165) is 49.2 Å². The Kier molecular flexibility index (Phi) is 7.34. The van der Waals surface area contributed by atoms with E-state index in [-0.39, 0.29) is 29.7 Å². The molecule has 0 spiro atoms. The molecular weight excluding hydrogens is 454 g/mol. The highest BCUT2D eigenvalue weighted by Gasteiger charge is 2.41. The van der Waals surface area contributed by atoms with Crippen LogP contribution < -0.4 is 5.73 Å². The number of rotatable bonds is 7. The van der Waals surface area contributed by atoms with Crippen LogP contribution in [-0.4, -0.2) is 77.1 Å². The van der Waals surface area contributed by atoms with Crippen molar-refractivity contribution in [1.29, 1.82) is 0 Å². The molecule has 5 rings (SSSR count). The number of hydrogen-bond donors (Lipinski definition) is 1. The van der Waals surface area contributed by atoms with Crippen molar-refractivity contribution < 1.29 is 14.3 Å². The second kappa shape index (κ2) is 10.8. The van der Waals surface area contributed by atoms with Crippen LogP contribution in [0.4, 0.5) is 0 Å². The fourth-order valence-electron chi connectivity index (χ4n) is 5.65. The molecule has 2 saturated heterocycles. The Bertz CT molecular complexity index is 1210. The zero-order chi connectivity index (χ0) is 25.1.